The van der Waals surface area contributed by atoms with Crippen LogP contribution < -0.4 is 15.4 Å². The Kier molecular flexibility index (Phi) is 7.41. The van der Waals surface area contributed by atoms with Gasteiger partial charge in [-0.1, -0.05) is 0 Å². The molecular formula is C17H21N3O5. The number of nitriles is 1. The van der Waals surface area contributed by atoms with E-state index in [1.54, 1.807) is 38.1 Å². The number of benzene rings is 1. The first kappa shape index (κ1) is 20.0. The fourth-order valence-corrected chi connectivity index (χ4v) is 1.70. The smallest absolute Gasteiger partial charge is 0.347 e. The second-order valence-electron chi connectivity index (χ2n) is 5.59. The molecule has 8 nitrogen and oxygen atoms in total. The van der Waals surface area contributed by atoms with E-state index in [0.29, 0.717) is 11.3 Å². The first-order valence-electron chi connectivity index (χ1n) is 7.71. The van der Waals surface area contributed by atoms with E-state index in [1.165, 1.54) is 13.8 Å². The number of carbonyl (C=O) groups is 3. The van der Waals surface area contributed by atoms with E-state index in [0.717, 1.165) is 0 Å². The van der Waals surface area contributed by atoms with Crippen LogP contribution in [0, 0.1) is 11.3 Å². The summed E-state index contributed by atoms with van der Waals surface area (Å²) in [4.78, 5) is 35.2. The molecule has 0 heterocycles. The van der Waals surface area contributed by atoms with Gasteiger partial charge in [-0.05, 0) is 52.0 Å². The van der Waals surface area contributed by atoms with Gasteiger partial charge >= 0.3 is 12.0 Å². The molecule has 1 aromatic carbocycles. The summed E-state index contributed by atoms with van der Waals surface area (Å²) in [6, 6.07) is 7.38. The minimum absolute atomic E-state index is 0.133. The molecule has 1 rings (SSSR count). The molecule has 134 valence electrons. The largest absolute Gasteiger partial charge is 0.479 e. The van der Waals surface area contributed by atoms with E-state index in [4.69, 9.17) is 14.7 Å². The molecule has 0 aliphatic carbocycles. The molecule has 2 N–H and O–H groups in total. The van der Waals surface area contributed by atoms with Gasteiger partial charge in [0.1, 0.15) is 5.75 Å². The van der Waals surface area contributed by atoms with E-state index in [9.17, 15) is 14.4 Å². The quantitative estimate of drug-likeness (QED) is 0.753. The van der Waals surface area contributed by atoms with Crippen LogP contribution in [-0.2, 0) is 14.3 Å². The van der Waals surface area contributed by atoms with Crippen molar-refractivity contribution in [3.63, 3.8) is 0 Å². The molecule has 0 aliphatic heterocycles. The second kappa shape index (κ2) is 9.27. The number of nitrogens with one attached hydrogen (secondary N) is 2. The minimum atomic E-state index is -1.16. The highest BCUT2D eigenvalue weighted by molar-refractivity contribution is 5.97. The van der Waals surface area contributed by atoms with Crippen molar-refractivity contribution in [3.05, 3.63) is 29.8 Å². The zero-order valence-electron chi connectivity index (χ0n) is 14.5. The maximum absolute atomic E-state index is 12.0. The molecule has 0 radical (unpaired) electrons. The predicted octanol–water partition coefficient (Wildman–Crippen LogP) is 1.49. The van der Waals surface area contributed by atoms with E-state index in [2.05, 4.69) is 10.6 Å². The van der Waals surface area contributed by atoms with Crippen molar-refractivity contribution in [2.45, 2.75) is 45.9 Å². The number of hydrogen-bond donors (Lipinski definition) is 2. The molecule has 0 aromatic heterocycles. The highest BCUT2D eigenvalue weighted by Crippen LogP contribution is 2.14. The number of amides is 3. The molecular weight excluding hydrogens is 326 g/mol. The van der Waals surface area contributed by atoms with Gasteiger partial charge in [0.15, 0.2) is 12.2 Å². The topological polar surface area (TPSA) is 118 Å². The van der Waals surface area contributed by atoms with Crippen LogP contribution in [0.25, 0.3) is 0 Å². The zero-order valence-corrected chi connectivity index (χ0v) is 14.5. The monoisotopic (exact) mass is 347 g/mol. The van der Waals surface area contributed by atoms with E-state index >= 15 is 0 Å². The Balaban J connectivity index is 2.51. The molecule has 1 aromatic rings. The number of esters is 1. The average Bonchev–Trinajstić information content (AvgIpc) is 2.54. The second-order valence-corrected chi connectivity index (χ2v) is 5.59. The lowest BCUT2D eigenvalue weighted by atomic mass is 10.2. The van der Waals surface area contributed by atoms with Crippen LogP contribution in [0.5, 0.6) is 5.75 Å². The Morgan fingerprint density at radius 2 is 1.64 bits per heavy atom. The predicted molar refractivity (Wildman–Crippen MR) is 88.6 cm³/mol. The van der Waals surface area contributed by atoms with Crippen LogP contribution in [0.4, 0.5) is 4.79 Å². The van der Waals surface area contributed by atoms with Gasteiger partial charge in [-0.2, -0.15) is 5.26 Å². The summed E-state index contributed by atoms with van der Waals surface area (Å²) in [5, 5.41) is 13.3. The maximum atomic E-state index is 12.0. The van der Waals surface area contributed by atoms with Crippen molar-refractivity contribution in [2.75, 3.05) is 0 Å². The van der Waals surface area contributed by atoms with E-state index < -0.39 is 30.1 Å². The molecule has 8 heteroatoms. The molecule has 3 amide bonds. The zero-order chi connectivity index (χ0) is 19.0. The number of hydrogen-bond acceptors (Lipinski definition) is 6. The van der Waals surface area contributed by atoms with E-state index in [-0.39, 0.29) is 6.04 Å². The standard InChI is InChI=1S/C17H21N3O5/c1-10(2)19-17(23)20-15(21)11(3)25-16(22)12(4)24-14-7-5-13(9-18)6-8-14/h5-8,10-12H,1-4H3,(H2,19,20,21,23)/t11-,12-/m0/s1. The van der Waals surface area contributed by atoms with E-state index in [1.807, 2.05) is 6.07 Å². The fourth-order valence-electron chi connectivity index (χ4n) is 1.70. The van der Waals surface area contributed by atoms with Crippen molar-refractivity contribution >= 4 is 17.9 Å². The van der Waals surface area contributed by atoms with Gasteiger partial charge in [0, 0.05) is 6.04 Å². The lowest BCUT2D eigenvalue weighted by Gasteiger charge is -2.18. The third-order valence-corrected chi connectivity index (χ3v) is 2.95. The number of urea groups is 1. The molecule has 0 saturated heterocycles. The van der Waals surface area contributed by atoms with Crippen molar-refractivity contribution in [1.82, 2.24) is 10.6 Å². The van der Waals surface area contributed by atoms with Gasteiger partial charge in [0.05, 0.1) is 11.6 Å². The summed E-state index contributed by atoms with van der Waals surface area (Å²) >= 11 is 0. The van der Waals surface area contributed by atoms with Gasteiger partial charge < -0.3 is 14.8 Å². The maximum Gasteiger partial charge on any atom is 0.347 e. The molecule has 0 fully saturated rings. The van der Waals surface area contributed by atoms with Gasteiger partial charge in [-0.3, -0.25) is 10.1 Å². The van der Waals surface area contributed by atoms with Crippen LogP contribution >= 0.6 is 0 Å². The summed E-state index contributed by atoms with van der Waals surface area (Å²) in [6.45, 7) is 6.31. The molecule has 25 heavy (non-hydrogen) atoms. The first-order valence-corrected chi connectivity index (χ1v) is 7.71. The number of ether oxygens (including phenoxy) is 2. The Bertz CT molecular complexity index is 664. The van der Waals surface area contributed by atoms with Crippen LogP contribution in [0.1, 0.15) is 33.3 Å². The van der Waals surface area contributed by atoms with Crippen molar-refractivity contribution in [1.29, 1.82) is 5.26 Å². The van der Waals surface area contributed by atoms with Gasteiger partial charge in [0.25, 0.3) is 5.91 Å². The Labute approximate surface area is 146 Å². The van der Waals surface area contributed by atoms with Crippen molar-refractivity contribution in [2.24, 2.45) is 0 Å². The molecule has 0 unspecified atom stereocenters. The normalized spacial score (nSPS) is 12.5. The number of rotatable bonds is 6. The molecule has 2 atom stereocenters. The van der Waals surface area contributed by atoms with Crippen LogP contribution in [0.15, 0.2) is 24.3 Å². The Morgan fingerprint density at radius 3 is 2.16 bits per heavy atom. The summed E-state index contributed by atoms with van der Waals surface area (Å²) in [6.07, 6.45) is -2.12. The number of imide groups is 1. The first-order chi connectivity index (χ1) is 11.7. The summed E-state index contributed by atoms with van der Waals surface area (Å²) in [7, 11) is 0. The highest BCUT2D eigenvalue weighted by atomic mass is 16.6. The van der Waals surface area contributed by atoms with Gasteiger partial charge in [-0.15, -0.1) is 0 Å². The summed E-state index contributed by atoms with van der Waals surface area (Å²) in [5.74, 6) is -1.11. The SMILES string of the molecule is CC(C)NC(=O)NC(=O)[C@H](C)OC(=O)[C@H](C)Oc1ccc(C#N)cc1. The highest BCUT2D eigenvalue weighted by Gasteiger charge is 2.24. The molecule has 0 saturated carbocycles. The number of carbonyl (C=O) groups excluding carboxylic acids is 3. The third kappa shape index (κ3) is 6.91. The summed E-state index contributed by atoms with van der Waals surface area (Å²) in [5.41, 5.74) is 0.465. The van der Waals surface area contributed by atoms with Crippen molar-refractivity contribution in [3.8, 4) is 11.8 Å². The Morgan fingerprint density at radius 1 is 1.04 bits per heavy atom. The minimum Gasteiger partial charge on any atom is -0.479 e. The lowest BCUT2D eigenvalue weighted by Crippen LogP contribution is -2.47. The van der Waals surface area contributed by atoms with Crippen LogP contribution in [0.3, 0.4) is 0 Å². The molecule has 0 aliphatic rings. The fraction of sp³-hybridized carbons (Fsp3) is 0.412. The summed E-state index contributed by atoms with van der Waals surface area (Å²) < 4.78 is 10.4. The average molecular weight is 347 g/mol. The lowest BCUT2D eigenvalue weighted by molar-refractivity contribution is -0.160. The van der Waals surface area contributed by atoms with Crippen molar-refractivity contribution < 1.29 is 23.9 Å². The van der Waals surface area contributed by atoms with Crippen LogP contribution in [-0.4, -0.2) is 36.2 Å². The number of nitrogens with zero attached hydrogens (tertiary/aromatic N) is 1. The van der Waals surface area contributed by atoms with Gasteiger partial charge in [0.2, 0.25) is 0 Å². The van der Waals surface area contributed by atoms with Gasteiger partial charge in [-0.25, -0.2) is 9.59 Å². The van der Waals surface area contributed by atoms with Crippen LogP contribution in [0.2, 0.25) is 0 Å². The Hall–Kier alpha value is -3.08. The molecule has 0 bridgehead atoms. The third-order valence-electron chi connectivity index (χ3n) is 2.95. The molecule has 0 spiro atoms.